The van der Waals surface area contributed by atoms with Crippen molar-refractivity contribution in [2.45, 2.75) is 39.0 Å². The highest BCUT2D eigenvalue weighted by atomic mass is 16.6. The van der Waals surface area contributed by atoms with Crippen LogP contribution in [0.2, 0.25) is 0 Å². The van der Waals surface area contributed by atoms with E-state index in [1.165, 1.54) is 12.1 Å². The predicted octanol–water partition coefficient (Wildman–Crippen LogP) is 2.73. The first kappa shape index (κ1) is 21.1. The van der Waals surface area contributed by atoms with Gasteiger partial charge < -0.3 is 11.1 Å². The number of unbranched alkanes of at least 4 members (excludes halogenated alkanes) is 3. The Morgan fingerprint density at radius 1 is 1.23 bits per heavy atom. The first-order chi connectivity index (χ1) is 12.5. The molecule has 0 fully saturated rings. The second kappa shape index (κ2) is 11.6. The first-order valence-corrected chi connectivity index (χ1v) is 8.70. The summed E-state index contributed by atoms with van der Waals surface area (Å²) in [6.45, 7) is 2.75. The molecule has 26 heavy (non-hydrogen) atoms. The number of amides is 3. The highest BCUT2D eigenvalue weighted by Crippen LogP contribution is 2.12. The molecule has 0 saturated carbocycles. The van der Waals surface area contributed by atoms with Gasteiger partial charge in [0, 0.05) is 31.3 Å². The van der Waals surface area contributed by atoms with Gasteiger partial charge in [0.2, 0.25) is 0 Å². The van der Waals surface area contributed by atoms with Crippen LogP contribution >= 0.6 is 0 Å². The van der Waals surface area contributed by atoms with Crippen LogP contribution in [0.25, 0.3) is 0 Å². The molecule has 142 valence electrons. The van der Waals surface area contributed by atoms with Gasteiger partial charge in [-0.25, -0.2) is 4.79 Å². The van der Waals surface area contributed by atoms with Crippen molar-refractivity contribution in [3.63, 3.8) is 0 Å². The third-order valence-corrected chi connectivity index (χ3v) is 3.82. The zero-order valence-electron chi connectivity index (χ0n) is 15.0. The number of nitro benzene ring substituents is 1. The van der Waals surface area contributed by atoms with Crippen molar-refractivity contribution >= 4 is 17.6 Å². The van der Waals surface area contributed by atoms with Gasteiger partial charge in [0.15, 0.2) is 0 Å². The topological polar surface area (TPSA) is 119 Å². The minimum Gasteiger partial charge on any atom is -0.404 e. The van der Waals surface area contributed by atoms with Crippen LogP contribution in [0.15, 0.2) is 36.5 Å². The third kappa shape index (κ3) is 7.33. The number of urea groups is 1. The second-order valence-electron chi connectivity index (χ2n) is 5.82. The molecule has 0 aliphatic rings. The molecule has 8 nitrogen and oxygen atoms in total. The summed E-state index contributed by atoms with van der Waals surface area (Å²) in [5.74, 6) is -0.447. The lowest BCUT2D eigenvalue weighted by Gasteiger charge is -2.20. The Bertz CT molecular complexity index is 629. The van der Waals surface area contributed by atoms with Crippen molar-refractivity contribution < 1.29 is 14.5 Å². The minimum atomic E-state index is -0.466. The second-order valence-corrected chi connectivity index (χ2v) is 5.82. The lowest BCUT2D eigenvalue weighted by molar-refractivity contribution is -0.384. The van der Waals surface area contributed by atoms with Crippen molar-refractivity contribution in [2.75, 3.05) is 13.1 Å². The van der Waals surface area contributed by atoms with Gasteiger partial charge in [0.1, 0.15) is 0 Å². The quantitative estimate of drug-likeness (QED) is 0.287. The Labute approximate surface area is 153 Å². The van der Waals surface area contributed by atoms with Crippen LogP contribution < -0.4 is 11.1 Å². The fourth-order valence-corrected chi connectivity index (χ4v) is 2.37. The van der Waals surface area contributed by atoms with Gasteiger partial charge in [-0.3, -0.25) is 19.8 Å². The van der Waals surface area contributed by atoms with Crippen LogP contribution in [-0.4, -0.2) is 34.9 Å². The number of hydrogen-bond acceptors (Lipinski definition) is 5. The van der Waals surface area contributed by atoms with Crippen LogP contribution in [0.3, 0.4) is 0 Å². The standard InChI is InChI=1S/C18H26N4O4/c1-2-3-4-5-14-21(17(23)10-12-19)18(24)20-13-11-15-6-8-16(9-7-15)22(25)26/h6-10,12H,2-5,11,13-14,19H2,1H3,(H,20,24)/b12-10+. The smallest absolute Gasteiger partial charge is 0.324 e. The monoisotopic (exact) mass is 362 g/mol. The highest BCUT2D eigenvalue weighted by Gasteiger charge is 2.18. The zero-order chi connectivity index (χ0) is 19.4. The molecule has 0 spiro atoms. The lowest BCUT2D eigenvalue weighted by Crippen LogP contribution is -2.44. The van der Waals surface area contributed by atoms with Gasteiger partial charge >= 0.3 is 6.03 Å². The summed E-state index contributed by atoms with van der Waals surface area (Å²) in [6.07, 6.45) is 6.60. The fraction of sp³-hybridized carbons (Fsp3) is 0.444. The van der Waals surface area contributed by atoms with Gasteiger partial charge in [-0.2, -0.15) is 0 Å². The molecule has 0 unspecified atom stereocenters. The van der Waals surface area contributed by atoms with E-state index in [1.54, 1.807) is 12.1 Å². The zero-order valence-corrected chi connectivity index (χ0v) is 15.0. The SMILES string of the molecule is CCCCCCN(C(=O)/C=C/N)C(=O)NCCc1ccc([N+](=O)[O-])cc1. The summed E-state index contributed by atoms with van der Waals surface area (Å²) in [4.78, 5) is 35.6. The molecule has 1 aromatic carbocycles. The van der Waals surface area contributed by atoms with Crippen LogP contribution in [0.4, 0.5) is 10.5 Å². The maximum atomic E-state index is 12.3. The Morgan fingerprint density at radius 3 is 2.50 bits per heavy atom. The van der Waals surface area contributed by atoms with Crippen LogP contribution in [0.1, 0.15) is 38.2 Å². The Kier molecular flexibility index (Phi) is 9.45. The first-order valence-electron chi connectivity index (χ1n) is 8.70. The Balaban J connectivity index is 2.53. The molecule has 0 atom stereocenters. The molecule has 0 aromatic heterocycles. The molecule has 0 radical (unpaired) electrons. The van der Waals surface area contributed by atoms with E-state index in [2.05, 4.69) is 12.2 Å². The molecule has 1 aromatic rings. The van der Waals surface area contributed by atoms with Gasteiger partial charge in [-0.15, -0.1) is 0 Å². The molecule has 0 heterocycles. The van der Waals surface area contributed by atoms with E-state index in [1.807, 2.05) is 0 Å². The molecule has 0 aliphatic heterocycles. The van der Waals surface area contributed by atoms with E-state index < -0.39 is 16.9 Å². The molecule has 3 amide bonds. The van der Waals surface area contributed by atoms with Gasteiger partial charge in [-0.05, 0) is 24.6 Å². The van der Waals surface area contributed by atoms with Crippen molar-refractivity contribution in [1.29, 1.82) is 0 Å². The summed E-state index contributed by atoms with van der Waals surface area (Å²) in [5.41, 5.74) is 6.13. The number of nitrogens with two attached hydrogens (primary N) is 1. The molecular formula is C18H26N4O4. The van der Waals surface area contributed by atoms with E-state index in [-0.39, 0.29) is 5.69 Å². The molecule has 0 saturated heterocycles. The minimum absolute atomic E-state index is 0.0233. The fourth-order valence-electron chi connectivity index (χ4n) is 2.37. The highest BCUT2D eigenvalue weighted by molar-refractivity contribution is 6.00. The van der Waals surface area contributed by atoms with Gasteiger partial charge in [0.25, 0.3) is 11.6 Å². The van der Waals surface area contributed by atoms with E-state index in [9.17, 15) is 19.7 Å². The molecule has 1 rings (SSSR count). The average Bonchev–Trinajstić information content (AvgIpc) is 2.62. The summed E-state index contributed by atoms with van der Waals surface area (Å²) >= 11 is 0. The van der Waals surface area contributed by atoms with Crippen molar-refractivity contribution in [3.8, 4) is 0 Å². The van der Waals surface area contributed by atoms with Gasteiger partial charge in [0.05, 0.1) is 4.92 Å². The molecule has 0 aliphatic carbocycles. The maximum absolute atomic E-state index is 12.3. The number of nitro groups is 1. The Hall–Kier alpha value is -2.90. The molecule has 3 N–H and O–H groups in total. The predicted molar refractivity (Wildman–Crippen MR) is 99.4 cm³/mol. The number of nitrogens with zero attached hydrogens (tertiary/aromatic N) is 2. The van der Waals surface area contributed by atoms with Crippen molar-refractivity contribution in [3.05, 3.63) is 52.2 Å². The molecule has 0 bridgehead atoms. The summed E-state index contributed by atoms with van der Waals surface area (Å²) in [6, 6.07) is 5.68. The number of imide groups is 1. The summed E-state index contributed by atoms with van der Waals surface area (Å²) in [5, 5.41) is 13.3. The van der Waals surface area contributed by atoms with E-state index in [0.717, 1.165) is 48.4 Å². The van der Waals surface area contributed by atoms with E-state index in [4.69, 9.17) is 5.73 Å². The van der Waals surface area contributed by atoms with Crippen LogP contribution in [0, 0.1) is 10.1 Å². The van der Waals surface area contributed by atoms with Crippen molar-refractivity contribution in [1.82, 2.24) is 10.2 Å². The third-order valence-electron chi connectivity index (χ3n) is 3.82. The van der Waals surface area contributed by atoms with E-state index >= 15 is 0 Å². The van der Waals surface area contributed by atoms with Gasteiger partial charge in [-0.1, -0.05) is 38.3 Å². The maximum Gasteiger partial charge on any atom is 0.324 e. The average molecular weight is 362 g/mol. The Morgan fingerprint density at radius 2 is 1.92 bits per heavy atom. The number of hydrogen-bond donors (Lipinski definition) is 2. The number of non-ortho nitro benzene ring substituents is 1. The number of nitrogens with one attached hydrogen (secondary N) is 1. The van der Waals surface area contributed by atoms with Crippen LogP contribution in [0.5, 0.6) is 0 Å². The summed E-state index contributed by atoms with van der Waals surface area (Å²) < 4.78 is 0. The lowest BCUT2D eigenvalue weighted by atomic mass is 10.1. The normalized spacial score (nSPS) is 10.7. The number of rotatable bonds is 10. The number of benzene rings is 1. The molecular weight excluding hydrogens is 336 g/mol. The summed E-state index contributed by atoms with van der Waals surface area (Å²) in [7, 11) is 0. The van der Waals surface area contributed by atoms with Crippen LogP contribution in [-0.2, 0) is 11.2 Å². The number of carbonyl (C=O) groups excluding carboxylic acids is 2. The van der Waals surface area contributed by atoms with E-state index in [0.29, 0.717) is 19.5 Å². The largest absolute Gasteiger partial charge is 0.404 e. The van der Waals surface area contributed by atoms with Crippen molar-refractivity contribution in [2.24, 2.45) is 5.73 Å². The molecule has 8 heteroatoms. The number of carbonyl (C=O) groups is 2.